The highest BCUT2D eigenvalue weighted by molar-refractivity contribution is 8.00. The molecule has 0 unspecified atom stereocenters. The van der Waals surface area contributed by atoms with Gasteiger partial charge in [0, 0.05) is 21.7 Å². The van der Waals surface area contributed by atoms with Gasteiger partial charge in [-0.25, -0.2) is 0 Å². The number of amides is 1. The lowest BCUT2D eigenvalue weighted by molar-refractivity contribution is 0.101. The van der Waals surface area contributed by atoms with Crippen LogP contribution >= 0.6 is 11.8 Å². The fraction of sp³-hybridized carbons (Fsp3) is 0.200. The van der Waals surface area contributed by atoms with Gasteiger partial charge in [0.05, 0.1) is 34.2 Å². The van der Waals surface area contributed by atoms with Gasteiger partial charge in [0.25, 0.3) is 5.91 Å². The molecule has 0 saturated carbocycles. The maximum absolute atomic E-state index is 12.6. The topological polar surface area (TPSA) is 83.1 Å². The Morgan fingerprint density at radius 1 is 0.697 bits per heavy atom. The number of hydrogen-bond acceptors (Lipinski definition) is 7. The zero-order valence-electron chi connectivity index (χ0n) is 18.8. The number of anilines is 1. The Balaban J connectivity index is 1.59. The zero-order valence-corrected chi connectivity index (χ0v) is 19.7. The van der Waals surface area contributed by atoms with E-state index in [-0.39, 0.29) is 17.4 Å². The van der Waals surface area contributed by atoms with Gasteiger partial charge in [-0.15, -0.1) is 11.8 Å². The summed E-state index contributed by atoms with van der Waals surface area (Å²) in [6.07, 6.45) is 0. The van der Waals surface area contributed by atoms with E-state index in [4.69, 9.17) is 18.9 Å². The van der Waals surface area contributed by atoms with Gasteiger partial charge in [0.15, 0.2) is 28.8 Å². The van der Waals surface area contributed by atoms with Crippen LogP contribution in [0.15, 0.2) is 65.6 Å². The third-order valence-corrected chi connectivity index (χ3v) is 5.85. The van der Waals surface area contributed by atoms with Gasteiger partial charge in [-0.05, 0) is 60.7 Å². The Bertz CT molecular complexity index is 1130. The number of methoxy groups -OCH3 is 4. The Hall–Kier alpha value is -3.65. The molecular weight excluding hydrogens is 442 g/mol. The van der Waals surface area contributed by atoms with Gasteiger partial charge in [0.1, 0.15) is 0 Å². The van der Waals surface area contributed by atoms with Gasteiger partial charge in [0.2, 0.25) is 0 Å². The first kappa shape index (κ1) is 24.0. The molecule has 3 aromatic carbocycles. The van der Waals surface area contributed by atoms with Crippen molar-refractivity contribution in [2.45, 2.75) is 4.90 Å². The summed E-state index contributed by atoms with van der Waals surface area (Å²) >= 11 is 1.42. The number of hydrogen-bond donors (Lipinski definition) is 1. The van der Waals surface area contributed by atoms with Crippen LogP contribution in [0, 0.1) is 0 Å². The van der Waals surface area contributed by atoms with Crippen molar-refractivity contribution >= 4 is 29.1 Å². The Morgan fingerprint density at radius 2 is 1.21 bits per heavy atom. The van der Waals surface area contributed by atoms with Gasteiger partial charge in [-0.2, -0.15) is 0 Å². The first-order valence-electron chi connectivity index (χ1n) is 10.0. The van der Waals surface area contributed by atoms with Crippen molar-refractivity contribution in [1.82, 2.24) is 0 Å². The van der Waals surface area contributed by atoms with Crippen LogP contribution < -0.4 is 24.3 Å². The predicted octanol–water partition coefficient (Wildman–Crippen LogP) is 4.95. The van der Waals surface area contributed by atoms with Crippen LogP contribution in [0.3, 0.4) is 0 Å². The number of benzene rings is 3. The van der Waals surface area contributed by atoms with E-state index in [2.05, 4.69) is 5.32 Å². The van der Waals surface area contributed by atoms with Crippen LogP contribution in [0.4, 0.5) is 5.69 Å². The standard InChI is InChI=1S/C25H25NO6S/c1-29-21-11-5-16(13-23(21)31-3)20(27)15-33-19-9-7-18(8-10-19)26-25(28)17-6-12-22(30-2)24(14-17)32-4/h5-14H,15H2,1-4H3,(H,26,28). The van der Waals surface area contributed by atoms with Crippen LogP contribution in [0.1, 0.15) is 20.7 Å². The second-order valence-electron chi connectivity index (χ2n) is 6.83. The van der Waals surface area contributed by atoms with Crippen molar-refractivity contribution in [2.75, 3.05) is 39.5 Å². The summed E-state index contributed by atoms with van der Waals surface area (Å²) < 4.78 is 20.9. The molecule has 7 nitrogen and oxygen atoms in total. The fourth-order valence-corrected chi connectivity index (χ4v) is 3.85. The van der Waals surface area contributed by atoms with E-state index in [1.165, 1.54) is 26.0 Å². The molecule has 0 radical (unpaired) electrons. The number of Topliss-reactive ketones (excluding diaryl/α,β-unsaturated/α-hetero) is 1. The molecule has 1 N–H and O–H groups in total. The smallest absolute Gasteiger partial charge is 0.255 e. The molecule has 0 aliphatic carbocycles. The minimum absolute atomic E-state index is 0.0215. The maximum atomic E-state index is 12.6. The van der Waals surface area contributed by atoms with E-state index in [9.17, 15) is 9.59 Å². The Labute approximate surface area is 197 Å². The SMILES string of the molecule is COc1ccc(C(=O)CSc2ccc(NC(=O)c3ccc(OC)c(OC)c3)cc2)cc1OC. The van der Waals surface area contributed by atoms with Crippen molar-refractivity contribution in [3.63, 3.8) is 0 Å². The number of carbonyl (C=O) groups is 2. The molecular formula is C25H25NO6S. The lowest BCUT2D eigenvalue weighted by Gasteiger charge is -2.10. The minimum atomic E-state index is -0.264. The van der Waals surface area contributed by atoms with E-state index in [0.717, 1.165) is 4.90 Å². The van der Waals surface area contributed by atoms with Crippen molar-refractivity contribution < 1.29 is 28.5 Å². The number of thioether (sulfide) groups is 1. The van der Waals surface area contributed by atoms with Crippen LogP contribution in [0.2, 0.25) is 0 Å². The molecule has 1 amide bonds. The summed E-state index contributed by atoms with van der Waals surface area (Å²) in [4.78, 5) is 26.0. The van der Waals surface area contributed by atoms with Crippen LogP contribution in [0.5, 0.6) is 23.0 Å². The highest BCUT2D eigenvalue weighted by Gasteiger charge is 2.13. The lowest BCUT2D eigenvalue weighted by atomic mass is 10.1. The highest BCUT2D eigenvalue weighted by Crippen LogP contribution is 2.30. The maximum Gasteiger partial charge on any atom is 0.255 e. The third kappa shape index (κ3) is 5.98. The van der Waals surface area contributed by atoms with Gasteiger partial charge in [-0.3, -0.25) is 9.59 Å². The number of rotatable bonds is 10. The molecule has 3 rings (SSSR count). The molecule has 8 heteroatoms. The molecule has 0 spiro atoms. The number of carbonyl (C=O) groups excluding carboxylic acids is 2. The summed E-state index contributed by atoms with van der Waals surface area (Å²) in [7, 11) is 6.14. The van der Waals surface area contributed by atoms with Crippen molar-refractivity contribution in [1.29, 1.82) is 0 Å². The monoisotopic (exact) mass is 467 g/mol. The van der Waals surface area contributed by atoms with E-state index < -0.39 is 0 Å². The molecule has 3 aromatic rings. The molecule has 0 fully saturated rings. The van der Waals surface area contributed by atoms with Gasteiger partial charge < -0.3 is 24.3 Å². The number of nitrogens with one attached hydrogen (secondary N) is 1. The van der Waals surface area contributed by atoms with Crippen molar-refractivity contribution in [3.8, 4) is 23.0 Å². The van der Waals surface area contributed by atoms with Crippen molar-refractivity contribution in [2.24, 2.45) is 0 Å². The summed E-state index contributed by atoms with van der Waals surface area (Å²) in [5.74, 6) is 2.11. The normalized spacial score (nSPS) is 10.3. The average molecular weight is 468 g/mol. The molecule has 0 saturated heterocycles. The van der Waals surface area contributed by atoms with E-state index >= 15 is 0 Å². The molecule has 0 aromatic heterocycles. The first-order chi connectivity index (χ1) is 16.0. The average Bonchev–Trinajstić information content (AvgIpc) is 2.87. The second-order valence-corrected chi connectivity index (χ2v) is 7.88. The molecule has 33 heavy (non-hydrogen) atoms. The van der Waals surface area contributed by atoms with Crippen LogP contribution in [-0.2, 0) is 0 Å². The molecule has 0 atom stereocenters. The van der Waals surface area contributed by atoms with E-state index in [0.29, 0.717) is 39.8 Å². The predicted molar refractivity (Wildman–Crippen MR) is 129 cm³/mol. The first-order valence-corrected chi connectivity index (χ1v) is 11.0. The summed E-state index contributed by atoms with van der Waals surface area (Å²) in [5, 5.41) is 2.85. The summed E-state index contributed by atoms with van der Waals surface area (Å²) in [6, 6.07) is 17.4. The quantitative estimate of drug-likeness (QED) is 0.334. The number of ketones is 1. The van der Waals surface area contributed by atoms with Gasteiger partial charge >= 0.3 is 0 Å². The minimum Gasteiger partial charge on any atom is -0.493 e. The van der Waals surface area contributed by atoms with Crippen LogP contribution in [0.25, 0.3) is 0 Å². The zero-order chi connectivity index (χ0) is 23.8. The fourth-order valence-electron chi connectivity index (χ4n) is 3.06. The molecule has 172 valence electrons. The third-order valence-electron chi connectivity index (χ3n) is 4.83. The second kappa shape index (κ2) is 11.3. The molecule has 0 bridgehead atoms. The van der Waals surface area contributed by atoms with Crippen LogP contribution in [-0.4, -0.2) is 45.9 Å². The highest BCUT2D eigenvalue weighted by atomic mass is 32.2. The van der Waals surface area contributed by atoms with Gasteiger partial charge in [-0.1, -0.05) is 0 Å². The molecule has 0 aliphatic rings. The van der Waals surface area contributed by atoms with E-state index in [1.807, 2.05) is 12.1 Å². The lowest BCUT2D eigenvalue weighted by Crippen LogP contribution is -2.12. The van der Waals surface area contributed by atoms with E-state index in [1.54, 1.807) is 62.8 Å². The Morgan fingerprint density at radius 3 is 1.76 bits per heavy atom. The summed E-state index contributed by atoms with van der Waals surface area (Å²) in [6.45, 7) is 0. The molecule has 0 heterocycles. The number of ether oxygens (including phenoxy) is 4. The largest absolute Gasteiger partial charge is 0.493 e. The molecule has 0 aliphatic heterocycles. The summed E-state index contributed by atoms with van der Waals surface area (Å²) in [5.41, 5.74) is 1.65. The Kier molecular flexibility index (Phi) is 8.21. The van der Waals surface area contributed by atoms with Crippen molar-refractivity contribution in [3.05, 3.63) is 71.8 Å².